The Morgan fingerprint density at radius 1 is 1.33 bits per heavy atom. The van der Waals surface area contributed by atoms with Crippen LogP contribution in [0.3, 0.4) is 0 Å². The lowest BCUT2D eigenvalue weighted by atomic mass is 10.1. The summed E-state index contributed by atoms with van der Waals surface area (Å²) in [7, 11) is 0. The van der Waals surface area contributed by atoms with Gasteiger partial charge in [0.2, 0.25) is 0 Å². The van der Waals surface area contributed by atoms with E-state index >= 15 is 0 Å². The zero-order valence-corrected chi connectivity index (χ0v) is 9.88. The molecule has 1 heterocycles. The highest BCUT2D eigenvalue weighted by Gasteiger charge is 2.13. The van der Waals surface area contributed by atoms with Gasteiger partial charge in [-0.1, -0.05) is 12.1 Å². The summed E-state index contributed by atoms with van der Waals surface area (Å²) in [6, 6.07) is 12.3. The molecule has 0 saturated carbocycles. The Hall–Kier alpha value is -2.54. The molecular weight excluding hydrogens is 228 g/mol. The molecular formula is C14H12N2O2. The topological polar surface area (TPSA) is 66.0 Å². The molecule has 1 N–H and O–H groups in total. The number of hydrogen-bond donors (Lipinski definition) is 1. The molecule has 2 aromatic rings. The van der Waals surface area contributed by atoms with Crippen molar-refractivity contribution in [1.82, 2.24) is 5.32 Å². The first-order chi connectivity index (χ1) is 8.70. The van der Waals surface area contributed by atoms with E-state index in [2.05, 4.69) is 11.4 Å². The molecule has 0 fully saturated rings. The number of carbonyl (C=O) groups is 1. The van der Waals surface area contributed by atoms with E-state index in [1.807, 2.05) is 19.1 Å². The molecule has 0 aliphatic carbocycles. The van der Waals surface area contributed by atoms with Crippen LogP contribution in [0.1, 0.15) is 34.6 Å². The molecule has 4 heteroatoms. The highest BCUT2D eigenvalue weighted by atomic mass is 16.3. The zero-order chi connectivity index (χ0) is 13.0. The Morgan fingerprint density at radius 2 is 2.06 bits per heavy atom. The second-order valence-corrected chi connectivity index (χ2v) is 3.91. The minimum absolute atomic E-state index is 0.143. The van der Waals surface area contributed by atoms with E-state index in [1.165, 1.54) is 6.26 Å². The maximum Gasteiger partial charge on any atom is 0.287 e. The molecule has 0 aliphatic rings. The van der Waals surface area contributed by atoms with E-state index in [0.717, 1.165) is 5.56 Å². The van der Waals surface area contributed by atoms with Crippen molar-refractivity contribution in [2.45, 2.75) is 13.0 Å². The second kappa shape index (κ2) is 5.19. The predicted molar refractivity (Wildman–Crippen MR) is 65.7 cm³/mol. The van der Waals surface area contributed by atoms with Gasteiger partial charge in [0.1, 0.15) is 0 Å². The Morgan fingerprint density at radius 3 is 2.61 bits per heavy atom. The standard InChI is InChI=1S/C14H12N2O2/c1-10(12-6-4-11(9-15)5-7-12)16-14(17)13-3-2-8-18-13/h2-8,10H,1H3,(H,16,17). The molecule has 0 bridgehead atoms. The average molecular weight is 240 g/mol. The summed E-state index contributed by atoms with van der Waals surface area (Å²) >= 11 is 0. The highest BCUT2D eigenvalue weighted by molar-refractivity contribution is 5.91. The summed E-state index contributed by atoms with van der Waals surface area (Å²) in [5.74, 6) is 0.0346. The highest BCUT2D eigenvalue weighted by Crippen LogP contribution is 2.14. The Balaban J connectivity index is 2.05. The van der Waals surface area contributed by atoms with Crippen LogP contribution in [-0.4, -0.2) is 5.91 Å². The second-order valence-electron chi connectivity index (χ2n) is 3.91. The fraction of sp³-hybridized carbons (Fsp3) is 0.143. The van der Waals surface area contributed by atoms with E-state index < -0.39 is 0 Å². The summed E-state index contributed by atoms with van der Waals surface area (Å²) in [5.41, 5.74) is 1.54. The SMILES string of the molecule is CC(NC(=O)c1ccco1)c1ccc(C#N)cc1. The van der Waals surface area contributed by atoms with Gasteiger partial charge in [-0.15, -0.1) is 0 Å². The van der Waals surface area contributed by atoms with Gasteiger partial charge in [0.15, 0.2) is 5.76 Å². The maximum atomic E-state index is 11.8. The van der Waals surface area contributed by atoms with Gasteiger partial charge in [-0.2, -0.15) is 5.26 Å². The van der Waals surface area contributed by atoms with Crippen LogP contribution >= 0.6 is 0 Å². The Labute approximate surface area is 105 Å². The van der Waals surface area contributed by atoms with Crippen molar-refractivity contribution in [2.24, 2.45) is 0 Å². The van der Waals surface area contributed by atoms with Gasteiger partial charge in [0.25, 0.3) is 5.91 Å². The minimum Gasteiger partial charge on any atom is -0.459 e. The zero-order valence-electron chi connectivity index (χ0n) is 9.88. The van der Waals surface area contributed by atoms with Crippen LogP contribution in [0.4, 0.5) is 0 Å². The smallest absolute Gasteiger partial charge is 0.287 e. The largest absolute Gasteiger partial charge is 0.459 e. The molecule has 90 valence electrons. The van der Waals surface area contributed by atoms with E-state index in [1.54, 1.807) is 24.3 Å². The lowest BCUT2D eigenvalue weighted by Crippen LogP contribution is -2.26. The van der Waals surface area contributed by atoms with Crippen molar-refractivity contribution in [3.05, 3.63) is 59.5 Å². The van der Waals surface area contributed by atoms with Crippen molar-refractivity contribution in [3.8, 4) is 6.07 Å². The molecule has 0 spiro atoms. The summed E-state index contributed by atoms with van der Waals surface area (Å²) in [4.78, 5) is 11.8. The number of benzene rings is 1. The lowest BCUT2D eigenvalue weighted by molar-refractivity contribution is 0.0912. The van der Waals surface area contributed by atoms with Crippen LogP contribution in [0.2, 0.25) is 0 Å². The summed E-state index contributed by atoms with van der Waals surface area (Å²) in [5, 5.41) is 11.5. The molecule has 0 saturated heterocycles. The molecule has 1 amide bonds. The van der Waals surface area contributed by atoms with Crippen LogP contribution in [-0.2, 0) is 0 Å². The maximum absolute atomic E-state index is 11.8. The van der Waals surface area contributed by atoms with Crippen molar-refractivity contribution < 1.29 is 9.21 Å². The number of furan rings is 1. The molecule has 0 aliphatic heterocycles. The first kappa shape index (κ1) is 11.9. The van der Waals surface area contributed by atoms with Gasteiger partial charge in [-0.3, -0.25) is 4.79 Å². The number of carbonyl (C=O) groups excluding carboxylic acids is 1. The molecule has 18 heavy (non-hydrogen) atoms. The van der Waals surface area contributed by atoms with E-state index in [-0.39, 0.29) is 17.7 Å². The molecule has 0 radical (unpaired) electrons. The normalized spacial score (nSPS) is 11.6. The lowest BCUT2D eigenvalue weighted by Gasteiger charge is -2.13. The van der Waals surface area contributed by atoms with Crippen molar-refractivity contribution in [1.29, 1.82) is 5.26 Å². The van der Waals surface area contributed by atoms with Crippen LogP contribution in [0, 0.1) is 11.3 Å². The van der Waals surface area contributed by atoms with Crippen molar-refractivity contribution in [2.75, 3.05) is 0 Å². The quantitative estimate of drug-likeness (QED) is 0.896. The van der Waals surface area contributed by atoms with Gasteiger partial charge in [0, 0.05) is 0 Å². The van der Waals surface area contributed by atoms with Gasteiger partial charge in [-0.05, 0) is 36.8 Å². The molecule has 1 aromatic heterocycles. The summed E-state index contributed by atoms with van der Waals surface area (Å²) in [6.45, 7) is 1.88. The average Bonchev–Trinajstić information content (AvgIpc) is 2.92. The van der Waals surface area contributed by atoms with E-state index in [0.29, 0.717) is 5.56 Å². The molecule has 2 rings (SSSR count). The number of rotatable bonds is 3. The third kappa shape index (κ3) is 2.58. The van der Waals surface area contributed by atoms with Gasteiger partial charge in [-0.25, -0.2) is 0 Å². The number of nitrogens with one attached hydrogen (secondary N) is 1. The molecule has 1 unspecified atom stereocenters. The van der Waals surface area contributed by atoms with Crippen LogP contribution in [0.15, 0.2) is 47.1 Å². The Bertz CT molecular complexity index is 565. The molecule has 4 nitrogen and oxygen atoms in total. The van der Waals surface area contributed by atoms with Crippen LogP contribution < -0.4 is 5.32 Å². The number of amides is 1. The van der Waals surface area contributed by atoms with Gasteiger partial charge >= 0.3 is 0 Å². The fourth-order valence-electron chi connectivity index (χ4n) is 1.61. The number of nitriles is 1. The predicted octanol–water partition coefficient (Wildman–Crippen LogP) is 2.64. The number of nitrogens with zero attached hydrogens (tertiary/aromatic N) is 1. The number of hydrogen-bond acceptors (Lipinski definition) is 3. The minimum atomic E-state index is -0.253. The van der Waals surface area contributed by atoms with Crippen LogP contribution in [0.5, 0.6) is 0 Å². The van der Waals surface area contributed by atoms with Crippen molar-refractivity contribution in [3.63, 3.8) is 0 Å². The summed E-state index contributed by atoms with van der Waals surface area (Å²) in [6.07, 6.45) is 1.46. The van der Waals surface area contributed by atoms with Gasteiger partial charge < -0.3 is 9.73 Å². The Kier molecular flexibility index (Phi) is 3.44. The third-order valence-electron chi connectivity index (χ3n) is 2.63. The molecule has 1 aromatic carbocycles. The van der Waals surface area contributed by atoms with Gasteiger partial charge in [0.05, 0.1) is 23.9 Å². The summed E-state index contributed by atoms with van der Waals surface area (Å²) < 4.78 is 5.01. The first-order valence-corrected chi connectivity index (χ1v) is 5.55. The van der Waals surface area contributed by atoms with Crippen LogP contribution in [0.25, 0.3) is 0 Å². The fourth-order valence-corrected chi connectivity index (χ4v) is 1.61. The monoisotopic (exact) mass is 240 g/mol. The van der Waals surface area contributed by atoms with Crippen molar-refractivity contribution >= 4 is 5.91 Å². The molecule has 1 atom stereocenters. The van der Waals surface area contributed by atoms with E-state index in [4.69, 9.17) is 9.68 Å². The first-order valence-electron chi connectivity index (χ1n) is 5.55. The third-order valence-corrected chi connectivity index (χ3v) is 2.63. The van der Waals surface area contributed by atoms with E-state index in [9.17, 15) is 4.79 Å².